The molecule has 4 rings (SSSR count). The fraction of sp³-hybridized carbons (Fsp3) is 0.414. The van der Waals surface area contributed by atoms with Crippen LogP contribution in [0.15, 0.2) is 60.0 Å². The Kier molecular flexibility index (Phi) is 9.14. The number of pyridine rings is 1. The van der Waals surface area contributed by atoms with Crippen LogP contribution < -0.4 is 14.5 Å². The van der Waals surface area contributed by atoms with Gasteiger partial charge in [0.05, 0.1) is 5.69 Å². The van der Waals surface area contributed by atoms with Crippen molar-refractivity contribution in [3.05, 3.63) is 66.1 Å². The van der Waals surface area contributed by atoms with Crippen LogP contribution in [-0.4, -0.2) is 77.4 Å². The van der Waals surface area contributed by atoms with Gasteiger partial charge < -0.3 is 24.2 Å². The number of carbonyl (C=O) groups excluding carboxylic acids is 2. The summed E-state index contributed by atoms with van der Waals surface area (Å²) in [6, 6.07) is 13.1. The highest BCUT2D eigenvalue weighted by Crippen LogP contribution is 2.31. The molecular formula is C29H36N6O4S. The van der Waals surface area contributed by atoms with Crippen molar-refractivity contribution in [2.24, 2.45) is 0 Å². The van der Waals surface area contributed by atoms with E-state index in [0.29, 0.717) is 54.0 Å². The van der Waals surface area contributed by atoms with E-state index in [1.807, 2.05) is 81.4 Å². The average Bonchev–Trinajstić information content (AvgIpc) is 3.06. The molecule has 1 aliphatic heterocycles. The van der Waals surface area contributed by atoms with E-state index < -0.39 is 17.8 Å². The van der Waals surface area contributed by atoms with Crippen LogP contribution in [0.4, 0.5) is 16.3 Å². The molecule has 10 nitrogen and oxygen atoms in total. The Morgan fingerprint density at radius 1 is 1.15 bits per heavy atom. The monoisotopic (exact) mass is 564 g/mol. The molecular weight excluding hydrogens is 528 g/mol. The summed E-state index contributed by atoms with van der Waals surface area (Å²) < 4.78 is 11.9. The summed E-state index contributed by atoms with van der Waals surface area (Å²) in [4.78, 5) is 44.7. The topological polar surface area (TPSA) is 101 Å². The predicted octanol–water partition coefficient (Wildman–Crippen LogP) is 5.07. The van der Waals surface area contributed by atoms with Crippen LogP contribution in [0.2, 0.25) is 0 Å². The maximum atomic E-state index is 13.6. The fourth-order valence-electron chi connectivity index (χ4n) is 4.21. The van der Waals surface area contributed by atoms with Gasteiger partial charge in [-0.3, -0.25) is 9.78 Å². The molecule has 2 aromatic heterocycles. The summed E-state index contributed by atoms with van der Waals surface area (Å²) in [5.41, 5.74) is 1.34. The number of ether oxygens (including phenoxy) is 2. The standard InChI is InChI=1S/C29H36N6O4S/c1-29(2,3)39-28(37)34(5)15-13-24(23-12-7-8-14-30-23)38-21-11-9-10-20(18-21)35-17-16-33(4)25-22(26(35)36)19-31-27(32-25)40-6/h7-12,14,18-19,24H,13,15-17H2,1-6H3. The smallest absolute Gasteiger partial charge is 0.410 e. The van der Waals surface area contributed by atoms with Gasteiger partial charge in [0.25, 0.3) is 5.91 Å². The minimum Gasteiger partial charge on any atom is -0.484 e. The normalized spacial score (nSPS) is 14.3. The van der Waals surface area contributed by atoms with Crippen LogP contribution >= 0.6 is 11.8 Å². The van der Waals surface area contributed by atoms with E-state index in [2.05, 4.69) is 15.0 Å². The Hall–Kier alpha value is -3.86. The minimum atomic E-state index is -0.577. The molecule has 1 atom stereocenters. The molecule has 0 radical (unpaired) electrons. The van der Waals surface area contributed by atoms with Crippen LogP contribution in [0.3, 0.4) is 0 Å². The van der Waals surface area contributed by atoms with Crippen molar-refractivity contribution in [2.45, 2.75) is 44.1 Å². The van der Waals surface area contributed by atoms with E-state index in [1.165, 1.54) is 16.7 Å². The Morgan fingerprint density at radius 3 is 2.65 bits per heavy atom. The first-order chi connectivity index (χ1) is 19.1. The van der Waals surface area contributed by atoms with Gasteiger partial charge in [-0.15, -0.1) is 0 Å². The van der Waals surface area contributed by atoms with Gasteiger partial charge in [-0.2, -0.15) is 0 Å². The quantitative estimate of drug-likeness (QED) is 0.274. The maximum absolute atomic E-state index is 13.6. The Bertz CT molecular complexity index is 1330. The molecule has 1 aromatic carbocycles. The minimum absolute atomic E-state index is 0.163. The van der Waals surface area contributed by atoms with Crippen molar-refractivity contribution >= 4 is 35.3 Å². The number of amides is 2. The van der Waals surface area contributed by atoms with Gasteiger partial charge in [0.15, 0.2) is 5.16 Å². The Morgan fingerprint density at radius 2 is 1.95 bits per heavy atom. The number of rotatable bonds is 8. The van der Waals surface area contributed by atoms with Crippen molar-refractivity contribution < 1.29 is 19.1 Å². The van der Waals surface area contributed by atoms with Gasteiger partial charge >= 0.3 is 6.09 Å². The van der Waals surface area contributed by atoms with E-state index in [1.54, 1.807) is 24.3 Å². The molecule has 212 valence electrons. The van der Waals surface area contributed by atoms with Crippen molar-refractivity contribution in [1.82, 2.24) is 19.9 Å². The van der Waals surface area contributed by atoms with E-state index in [-0.39, 0.29) is 5.91 Å². The number of hydrogen-bond acceptors (Lipinski definition) is 9. The maximum Gasteiger partial charge on any atom is 0.410 e. The van der Waals surface area contributed by atoms with E-state index in [9.17, 15) is 9.59 Å². The molecule has 3 aromatic rings. The summed E-state index contributed by atoms with van der Waals surface area (Å²) in [6.45, 7) is 7.02. The summed E-state index contributed by atoms with van der Waals surface area (Å²) in [7, 11) is 3.63. The molecule has 3 heterocycles. The van der Waals surface area contributed by atoms with Crippen LogP contribution in [0.1, 0.15) is 49.3 Å². The number of anilines is 2. The molecule has 0 bridgehead atoms. The SMILES string of the molecule is CSc1ncc2c(n1)N(C)CCN(c1cccc(OC(CCN(C)C(=O)OC(C)(C)C)c3ccccn3)c1)C2=O. The number of carbonyl (C=O) groups is 2. The number of benzene rings is 1. The lowest BCUT2D eigenvalue weighted by molar-refractivity contribution is 0.0277. The second kappa shape index (κ2) is 12.5. The number of likely N-dealkylation sites (N-methyl/N-ethyl adjacent to an activating group) is 1. The molecule has 0 saturated carbocycles. The molecule has 0 fully saturated rings. The van der Waals surface area contributed by atoms with Crippen molar-refractivity contribution in [3.63, 3.8) is 0 Å². The first-order valence-corrected chi connectivity index (χ1v) is 14.3. The highest BCUT2D eigenvalue weighted by Gasteiger charge is 2.28. The van der Waals surface area contributed by atoms with Gasteiger partial charge in [0, 0.05) is 64.3 Å². The van der Waals surface area contributed by atoms with Crippen LogP contribution in [-0.2, 0) is 4.74 Å². The number of aromatic nitrogens is 3. The van der Waals surface area contributed by atoms with E-state index in [0.717, 1.165) is 5.69 Å². The van der Waals surface area contributed by atoms with E-state index >= 15 is 0 Å². The fourth-order valence-corrected chi connectivity index (χ4v) is 4.55. The van der Waals surface area contributed by atoms with Crippen LogP contribution in [0.25, 0.3) is 0 Å². The lowest BCUT2D eigenvalue weighted by atomic mass is 10.1. The van der Waals surface area contributed by atoms with Gasteiger partial charge in [0.2, 0.25) is 0 Å². The zero-order chi connectivity index (χ0) is 28.9. The molecule has 0 saturated heterocycles. The second-order valence-electron chi connectivity index (χ2n) is 10.5. The average molecular weight is 565 g/mol. The first kappa shape index (κ1) is 29.1. The summed E-state index contributed by atoms with van der Waals surface area (Å²) in [5.74, 6) is 1.06. The first-order valence-electron chi connectivity index (χ1n) is 13.1. The molecule has 40 heavy (non-hydrogen) atoms. The Balaban J connectivity index is 1.54. The van der Waals surface area contributed by atoms with Crippen molar-refractivity contribution in [3.8, 4) is 5.75 Å². The number of hydrogen-bond donors (Lipinski definition) is 0. The molecule has 2 amide bonds. The van der Waals surface area contributed by atoms with Crippen molar-refractivity contribution in [2.75, 3.05) is 49.8 Å². The third-order valence-corrected chi connectivity index (χ3v) is 6.84. The lowest BCUT2D eigenvalue weighted by Crippen LogP contribution is -2.35. The Labute approximate surface area is 239 Å². The van der Waals surface area contributed by atoms with Gasteiger partial charge in [-0.05, 0) is 51.3 Å². The molecule has 0 spiro atoms. The van der Waals surface area contributed by atoms with Gasteiger partial charge in [-0.25, -0.2) is 14.8 Å². The van der Waals surface area contributed by atoms with Crippen molar-refractivity contribution in [1.29, 1.82) is 0 Å². The number of nitrogens with zero attached hydrogens (tertiary/aromatic N) is 6. The number of thioether (sulfide) groups is 1. The largest absolute Gasteiger partial charge is 0.484 e. The van der Waals surface area contributed by atoms with E-state index in [4.69, 9.17) is 9.47 Å². The molecule has 1 unspecified atom stereocenters. The summed E-state index contributed by atoms with van der Waals surface area (Å²) >= 11 is 1.44. The molecule has 1 aliphatic rings. The zero-order valence-corrected chi connectivity index (χ0v) is 24.6. The summed E-state index contributed by atoms with van der Waals surface area (Å²) in [5, 5.41) is 0.625. The highest BCUT2D eigenvalue weighted by atomic mass is 32.2. The molecule has 11 heteroatoms. The number of fused-ring (bicyclic) bond motifs is 1. The van der Waals surface area contributed by atoms with Gasteiger partial charge in [0.1, 0.15) is 28.8 Å². The zero-order valence-electron chi connectivity index (χ0n) is 23.8. The third-order valence-electron chi connectivity index (χ3n) is 6.28. The third kappa shape index (κ3) is 7.20. The highest BCUT2D eigenvalue weighted by molar-refractivity contribution is 7.98. The van der Waals surface area contributed by atoms with Crippen LogP contribution in [0, 0.1) is 0 Å². The molecule has 0 N–H and O–H groups in total. The van der Waals surface area contributed by atoms with Gasteiger partial charge in [-0.1, -0.05) is 23.9 Å². The van der Waals surface area contributed by atoms with Crippen LogP contribution in [0.5, 0.6) is 5.75 Å². The second-order valence-corrected chi connectivity index (χ2v) is 11.3. The predicted molar refractivity (Wildman–Crippen MR) is 156 cm³/mol. The molecule has 0 aliphatic carbocycles. The summed E-state index contributed by atoms with van der Waals surface area (Å²) in [6.07, 6.45) is 4.90. The lowest BCUT2D eigenvalue weighted by Gasteiger charge is -2.26.